The molecule has 0 saturated heterocycles. The molecule has 0 bridgehead atoms. The molecule has 1 unspecified atom stereocenters. The van der Waals surface area contributed by atoms with Crippen LogP contribution in [0.1, 0.15) is 25.5 Å². The van der Waals surface area contributed by atoms with Crippen molar-refractivity contribution in [3.63, 3.8) is 0 Å². The molecule has 1 atom stereocenters. The predicted molar refractivity (Wildman–Crippen MR) is 81.9 cm³/mol. The summed E-state index contributed by atoms with van der Waals surface area (Å²) in [5.74, 6) is -0.495. The van der Waals surface area contributed by atoms with Crippen molar-refractivity contribution in [3.05, 3.63) is 53.8 Å². The first kappa shape index (κ1) is 15.5. The van der Waals surface area contributed by atoms with Gasteiger partial charge in [-0.05, 0) is 42.8 Å². The molecule has 0 aliphatic heterocycles. The van der Waals surface area contributed by atoms with Gasteiger partial charge in [-0.2, -0.15) is 0 Å². The van der Waals surface area contributed by atoms with Gasteiger partial charge in [0, 0.05) is 17.5 Å². The zero-order chi connectivity index (χ0) is 15.4. The molecule has 5 heteroatoms. The van der Waals surface area contributed by atoms with Gasteiger partial charge in [0.25, 0.3) is 0 Å². The minimum absolute atomic E-state index is 0.138. The van der Waals surface area contributed by atoms with Gasteiger partial charge in [0.05, 0.1) is 11.0 Å². The van der Waals surface area contributed by atoms with E-state index in [1.54, 1.807) is 43.3 Å². The van der Waals surface area contributed by atoms with Crippen molar-refractivity contribution in [2.75, 3.05) is 5.32 Å². The van der Waals surface area contributed by atoms with Crippen LogP contribution in [-0.4, -0.2) is 11.0 Å². The molecule has 2 N–H and O–H groups in total. The zero-order valence-electron chi connectivity index (χ0n) is 11.8. The minimum Gasteiger partial charge on any atom is -0.389 e. The maximum Gasteiger partial charge on any atom is 0.221 e. The highest BCUT2D eigenvalue weighted by molar-refractivity contribution is 7.99. The lowest BCUT2D eigenvalue weighted by atomic mass is 10.1. The van der Waals surface area contributed by atoms with Gasteiger partial charge in [-0.1, -0.05) is 23.9 Å². The zero-order valence-corrected chi connectivity index (χ0v) is 12.6. The second kappa shape index (κ2) is 6.74. The van der Waals surface area contributed by atoms with Crippen molar-refractivity contribution in [2.24, 2.45) is 0 Å². The fourth-order valence-corrected chi connectivity index (χ4v) is 2.92. The molecule has 0 aromatic heterocycles. The van der Waals surface area contributed by atoms with E-state index in [0.29, 0.717) is 16.1 Å². The van der Waals surface area contributed by atoms with Gasteiger partial charge < -0.3 is 10.4 Å². The number of aliphatic hydroxyl groups excluding tert-OH is 1. The van der Waals surface area contributed by atoms with Gasteiger partial charge in [-0.25, -0.2) is 4.39 Å². The summed E-state index contributed by atoms with van der Waals surface area (Å²) >= 11 is 1.25. The average molecular weight is 305 g/mol. The summed E-state index contributed by atoms with van der Waals surface area (Å²) in [6.07, 6.45) is -0.734. The lowest BCUT2D eigenvalue weighted by molar-refractivity contribution is -0.114. The van der Waals surface area contributed by atoms with E-state index in [-0.39, 0.29) is 11.7 Å². The average Bonchev–Trinajstić information content (AvgIpc) is 2.42. The van der Waals surface area contributed by atoms with Crippen LogP contribution in [0, 0.1) is 5.82 Å². The molecule has 2 aromatic carbocycles. The van der Waals surface area contributed by atoms with Gasteiger partial charge >= 0.3 is 0 Å². The summed E-state index contributed by atoms with van der Waals surface area (Å²) in [5, 5.41) is 12.4. The van der Waals surface area contributed by atoms with E-state index in [1.165, 1.54) is 24.8 Å². The van der Waals surface area contributed by atoms with E-state index in [9.17, 15) is 14.3 Å². The van der Waals surface area contributed by atoms with Crippen molar-refractivity contribution in [3.8, 4) is 0 Å². The summed E-state index contributed by atoms with van der Waals surface area (Å²) in [5.41, 5.74) is 1.25. The van der Waals surface area contributed by atoms with Crippen LogP contribution in [0.25, 0.3) is 0 Å². The SMILES string of the molecule is CC(=O)Nc1ccc(Sc2c(F)cccc2C(C)O)cc1. The first-order chi connectivity index (χ1) is 9.97. The van der Waals surface area contributed by atoms with Crippen LogP contribution in [-0.2, 0) is 4.79 Å². The van der Waals surface area contributed by atoms with Gasteiger partial charge in [0.1, 0.15) is 5.82 Å². The number of hydrogen-bond donors (Lipinski definition) is 2. The van der Waals surface area contributed by atoms with Crippen LogP contribution in [0.5, 0.6) is 0 Å². The Morgan fingerprint density at radius 1 is 1.24 bits per heavy atom. The van der Waals surface area contributed by atoms with E-state index in [4.69, 9.17) is 0 Å². The molecule has 110 valence electrons. The highest BCUT2D eigenvalue weighted by Crippen LogP contribution is 2.35. The highest BCUT2D eigenvalue weighted by atomic mass is 32.2. The Kier molecular flexibility index (Phi) is 4.98. The summed E-state index contributed by atoms with van der Waals surface area (Å²) in [4.78, 5) is 12.2. The van der Waals surface area contributed by atoms with Crippen molar-refractivity contribution >= 4 is 23.4 Å². The molecule has 0 heterocycles. The monoisotopic (exact) mass is 305 g/mol. The topological polar surface area (TPSA) is 49.3 Å². The number of benzene rings is 2. The van der Waals surface area contributed by atoms with Crippen molar-refractivity contribution in [1.82, 2.24) is 0 Å². The Morgan fingerprint density at radius 2 is 1.90 bits per heavy atom. The van der Waals surface area contributed by atoms with E-state index < -0.39 is 6.10 Å². The molecule has 3 nitrogen and oxygen atoms in total. The smallest absolute Gasteiger partial charge is 0.221 e. The number of halogens is 1. The molecule has 2 rings (SSSR count). The molecule has 0 saturated carbocycles. The molecule has 0 radical (unpaired) electrons. The third kappa shape index (κ3) is 4.06. The normalized spacial score (nSPS) is 12.0. The van der Waals surface area contributed by atoms with E-state index in [1.807, 2.05) is 0 Å². The Labute approximate surface area is 127 Å². The number of carbonyl (C=O) groups is 1. The lowest BCUT2D eigenvalue weighted by Gasteiger charge is -2.12. The first-order valence-corrected chi connectivity index (χ1v) is 7.31. The third-order valence-corrected chi connectivity index (χ3v) is 3.98. The summed E-state index contributed by atoms with van der Waals surface area (Å²) < 4.78 is 14.0. The number of anilines is 1. The molecule has 2 aromatic rings. The highest BCUT2D eigenvalue weighted by Gasteiger charge is 2.13. The largest absolute Gasteiger partial charge is 0.389 e. The molecule has 0 spiro atoms. The van der Waals surface area contributed by atoms with Gasteiger partial charge in [-0.3, -0.25) is 4.79 Å². The first-order valence-electron chi connectivity index (χ1n) is 6.49. The molecular formula is C16H16FNO2S. The van der Waals surface area contributed by atoms with E-state index >= 15 is 0 Å². The molecule has 21 heavy (non-hydrogen) atoms. The Morgan fingerprint density at radius 3 is 2.48 bits per heavy atom. The maximum atomic E-state index is 14.0. The van der Waals surface area contributed by atoms with Gasteiger partial charge in [0.2, 0.25) is 5.91 Å². The Bertz CT molecular complexity index is 641. The minimum atomic E-state index is -0.734. The third-order valence-electron chi connectivity index (χ3n) is 2.84. The predicted octanol–water partition coefficient (Wildman–Crippen LogP) is 3.99. The van der Waals surface area contributed by atoms with Crippen molar-refractivity contribution in [1.29, 1.82) is 0 Å². The van der Waals surface area contributed by atoms with Crippen LogP contribution in [0.3, 0.4) is 0 Å². The number of carbonyl (C=O) groups excluding carboxylic acids is 1. The van der Waals surface area contributed by atoms with E-state index in [0.717, 1.165) is 4.90 Å². The fraction of sp³-hybridized carbons (Fsp3) is 0.188. The van der Waals surface area contributed by atoms with Crippen LogP contribution >= 0.6 is 11.8 Å². The molecule has 0 aliphatic rings. The number of hydrogen-bond acceptors (Lipinski definition) is 3. The number of nitrogens with one attached hydrogen (secondary N) is 1. The van der Waals surface area contributed by atoms with Gasteiger partial charge in [0.15, 0.2) is 0 Å². The van der Waals surface area contributed by atoms with Crippen LogP contribution in [0.15, 0.2) is 52.3 Å². The lowest BCUT2D eigenvalue weighted by Crippen LogP contribution is -2.05. The summed E-state index contributed by atoms with van der Waals surface area (Å²) in [6.45, 7) is 3.05. The molecule has 0 aliphatic carbocycles. The van der Waals surface area contributed by atoms with Gasteiger partial charge in [-0.15, -0.1) is 0 Å². The van der Waals surface area contributed by atoms with Crippen molar-refractivity contribution in [2.45, 2.75) is 29.7 Å². The summed E-state index contributed by atoms with van der Waals surface area (Å²) in [7, 11) is 0. The fourth-order valence-electron chi connectivity index (χ4n) is 1.89. The Balaban J connectivity index is 2.24. The quantitative estimate of drug-likeness (QED) is 0.898. The number of aliphatic hydroxyl groups is 1. The summed E-state index contributed by atoms with van der Waals surface area (Å²) in [6, 6.07) is 11.8. The van der Waals surface area contributed by atoms with Crippen LogP contribution in [0.4, 0.5) is 10.1 Å². The molecular weight excluding hydrogens is 289 g/mol. The number of rotatable bonds is 4. The molecule has 0 fully saturated rings. The molecule has 1 amide bonds. The standard InChI is InChI=1S/C16H16FNO2S/c1-10(19)14-4-3-5-15(17)16(14)21-13-8-6-12(7-9-13)18-11(2)20/h3-10,19H,1-2H3,(H,18,20). The Hall–Kier alpha value is -1.85. The van der Waals surface area contributed by atoms with Crippen LogP contribution < -0.4 is 5.32 Å². The second-order valence-electron chi connectivity index (χ2n) is 4.64. The van der Waals surface area contributed by atoms with E-state index in [2.05, 4.69) is 5.32 Å². The van der Waals surface area contributed by atoms with Crippen LogP contribution in [0.2, 0.25) is 0 Å². The maximum absolute atomic E-state index is 14.0. The second-order valence-corrected chi connectivity index (χ2v) is 5.73. The number of amides is 1. The van der Waals surface area contributed by atoms with Crippen molar-refractivity contribution < 1.29 is 14.3 Å².